The maximum Gasteiger partial charge on any atom is 0.227 e. The van der Waals surface area contributed by atoms with Crippen LogP contribution >= 0.6 is 0 Å². The number of ketones is 1. The number of carbonyl (C=O) groups is 1. The second-order valence-electron chi connectivity index (χ2n) is 4.75. The number of carbonyl (C=O) groups excluding carboxylic acids is 1. The first-order valence-corrected chi connectivity index (χ1v) is 6.53. The number of Topliss-reactive ketones (excluding diaryl/α,β-unsaturated/α-hetero) is 1. The first kappa shape index (κ1) is 16.1. The third kappa shape index (κ3) is 3.14. The van der Waals surface area contributed by atoms with Crippen molar-refractivity contribution in [3.8, 4) is 5.75 Å². The molecule has 0 amide bonds. The van der Waals surface area contributed by atoms with E-state index >= 15 is 0 Å². The Morgan fingerprint density at radius 3 is 2.68 bits per heavy atom. The van der Waals surface area contributed by atoms with E-state index in [-0.39, 0.29) is 29.3 Å². The second kappa shape index (κ2) is 6.65. The van der Waals surface area contributed by atoms with E-state index in [9.17, 15) is 4.79 Å². The van der Waals surface area contributed by atoms with E-state index in [4.69, 9.17) is 4.74 Å². The molecule has 7 heteroatoms. The molecule has 114 valence electrons. The van der Waals surface area contributed by atoms with Gasteiger partial charge in [-0.05, 0) is 24.3 Å². The third-order valence-corrected chi connectivity index (χ3v) is 3.35. The number of methoxy groups -OCH3 is 1. The quantitative estimate of drug-likeness (QED) is 0.404. The van der Waals surface area contributed by atoms with Gasteiger partial charge in [-0.25, -0.2) is 4.68 Å². The number of halogens is 1. The molecule has 6 nitrogen and oxygen atoms in total. The average Bonchev–Trinajstić information content (AvgIpc) is 2.88. The SMILES string of the molecule is COc1ccc(C(=O)C[n+]2ccc3c(c2)nnn3C)cc1.[Br-]. The van der Waals surface area contributed by atoms with E-state index < -0.39 is 0 Å². The zero-order valence-electron chi connectivity index (χ0n) is 12.2. The van der Waals surface area contributed by atoms with E-state index in [1.807, 2.05) is 30.1 Å². The van der Waals surface area contributed by atoms with Gasteiger partial charge in [0, 0.05) is 18.7 Å². The highest BCUT2D eigenvalue weighted by atomic mass is 79.9. The number of hydrogen-bond donors (Lipinski definition) is 0. The molecule has 2 aromatic heterocycles. The highest BCUT2D eigenvalue weighted by Crippen LogP contribution is 2.12. The van der Waals surface area contributed by atoms with Crippen LogP contribution in [-0.4, -0.2) is 27.9 Å². The minimum Gasteiger partial charge on any atom is -1.00 e. The van der Waals surface area contributed by atoms with Gasteiger partial charge >= 0.3 is 0 Å². The number of hydrogen-bond acceptors (Lipinski definition) is 4. The molecule has 1 aromatic carbocycles. The molecule has 22 heavy (non-hydrogen) atoms. The van der Waals surface area contributed by atoms with Crippen LogP contribution in [-0.2, 0) is 13.6 Å². The van der Waals surface area contributed by atoms with E-state index in [0.717, 1.165) is 16.8 Å². The van der Waals surface area contributed by atoms with Crippen molar-refractivity contribution in [1.82, 2.24) is 15.0 Å². The lowest BCUT2D eigenvalue weighted by Crippen LogP contribution is -3.00. The molecule has 3 aromatic rings. The number of benzene rings is 1. The molecule has 0 saturated heterocycles. The second-order valence-corrected chi connectivity index (χ2v) is 4.75. The molecule has 0 fully saturated rings. The van der Waals surface area contributed by atoms with Crippen LogP contribution < -0.4 is 26.3 Å². The summed E-state index contributed by atoms with van der Waals surface area (Å²) in [7, 11) is 3.44. The molecule has 0 unspecified atom stereocenters. The summed E-state index contributed by atoms with van der Waals surface area (Å²) in [5.41, 5.74) is 2.35. The smallest absolute Gasteiger partial charge is 0.227 e. The van der Waals surface area contributed by atoms with Crippen LogP contribution in [0.2, 0.25) is 0 Å². The van der Waals surface area contributed by atoms with Gasteiger partial charge in [0.05, 0.1) is 7.11 Å². The molecule has 0 atom stereocenters. The molecule has 0 saturated carbocycles. The van der Waals surface area contributed by atoms with Gasteiger partial charge < -0.3 is 21.7 Å². The summed E-state index contributed by atoms with van der Waals surface area (Å²) in [4.78, 5) is 12.3. The van der Waals surface area contributed by atoms with E-state index in [2.05, 4.69) is 10.3 Å². The summed E-state index contributed by atoms with van der Waals surface area (Å²) >= 11 is 0. The zero-order valence-corrected chi connectivity index (χ0v) is 13.8. The highest BCUT2D eigenvalue weighted by Gasteiger charge is 2.14. The average molecular weight is 363 g/mol. The van der Waals surface area contributed by atoms with Crippen molar-refractivity contribution in [2.24, 2.45) is 7.05 Å². The zero-order chi connectivity index (χ0) is 14.8. The molecular weight excluding hydrogens is 348 g/mol. The minimum absolute atomic E-state index is 0. The molecular formula is C15H15BrN4O2. The van der Waals surface area contributed by atoms with Crippen molar-refractivity contribution < 1.29 is 31.1 Å². The Bertz CT molecular complexity index is 799. The van der Waals surface area contributed by atoms with Crippen LogP contribution in [0.5, 0.6) is 5.75 Å². The Balaban J connectivity index is 0.00000176. The van der Waals surface area contributed by atoms with Gasteiger partial charge in [-0.15, -0.1) is 5.10 Å². The first-order chi connectivity index (χ1) is 10.2. The Labute approximate surface area is 138 Å². The van der Waals surface area contributed by atoms with Gasteiger partial charge in [0.25, 0.3) is 0 Å². The number of fused-ring (bicyclic) bond motifs is 1. The largest absolute Gasteiger partial charge is 1.00 e. The van der Waals surface area contributed by atoms with E-state index in [1.54, 1.807) is 36.1 Å². The maximum atomic E-state index is 12.3. The maximum absolute atomic E-state index is 12.3. The van der Waals surface area contributed by atoms with Crippen molar-refractivity contribution in [3.05, 3.63) is 48.3 Å². The molecule has 3 rings (SSSR count). The fraction of sp³-hybridized carbons (Fsp3) is 0.200. The molecule has 2 heterocycles. The Kier molecular flexibility index (Phi) is 4.87. The molecule has 0 aliphatic carbocycles. The molecule has 0 aliphatic rings. The van der Waals surface area contributed by atoms with Crippen molar-refractivity contribution in [1.29, 1.82) is 0 Å². The molecule has 0 aliphatic heterocycles. The monoisotopic (exact) mass is 362 g/mol. The molecule has 0 bridgehead atoms. The van der Waals surface area contributed by atoms with Gasteiger partial charge in [-0.2, -0.15) is 4.57 Å². The fourth-order valence-electron chi connectivity index (χ4n) is 2.16. The van der Waals surface area contributed by atoms with Gasteiger partial charge in [0.15, 0.2) is 17.9 Å². The lowest BCUT2D eigenvalue weighted by Gasteiger charge is -2.01. The van der Waals surface area contributed by atoms with Crippen molar-refractivity contribution in [3.63, 3.8) is 0 Å². The number of aromatic nitrogens is 4. The Morgan fingerprint density at radius 2 is 2.00 bits per heavy atom. The fourth-order valence-corrected chi connectivity index (χ4v) is 2.16. The summed E-state index contributed by atoms with van der Waals surface area (Å²) in [5, 5.41) is 7.99. The summed E-state index contributed by atoms with van der Waals surface area (Å²) in [6, 6.07) is 9.00. The summed E-state index contributed by atoms with van der Waals surface area (Å²) in [6.45, 7) is 0.263. The normalized spacial score (nSPS) is 10.3. The lowest BCUT2D eigenvalue weighted by atomic mass is 10.1. The van der Waals surface area contributed by atoms with Crippen LogP contribution in [0.4, 0.5) is 0 Å². The number of ether oxygens (including phenoxy) is 1. The Morgan fingerprint density at radius 1 is 1.27 bits per heavy atom. The van der Waals surface area contributed by atoms with Gasteiger partial charge in [-0.1, -0.05) is 5.21 Å². The van der Waals surface area contributed by atoms with E-state index in [1.165, 1.54) is 0 Å². The highest BCUT2D eigenvalue weighted by molar-refractivity contribution is 5.95. The molecule has 0 spiro atoms. The number of rotatable bonds is 4. The summed E-state index contributed by atoms with van der Waals surface area (Å²) in [6.07, 6.45) is 3.68. The van der Waals surface area contributed by atoms with Crippen LogP contribution in [0.1, 0.15) is 10.4 Å². The predicted octanol–water partition coefficient (Wildman–Crippen LogP) is -1.85. The van der Waals surface area contributed by atoms with Crippen molar-refractivity contribution in [2.75, 3.05) is 7.11 Å². The van der Waals surface area contributed by atoms with Gasteiger partial charge in [0.2, 0.25) is 12.3 Å². The summed E-state index contributed by atoms with van der Waals surface area (Å²) < 4.78 is 8.59. The lowest BCUT2D eigenvalue weighted by molar-refractivity contribution is -0.681. The number of aryl methyl sites for hydroxylation is 1. The number of pyridine rings is 1. The van der Waals surface area contributed by atoms with Crippen LogP contribution in [0.25, 0.3) is 11.0 Å². The standard InChI is InChI=1S/C15H15N4O2.BrH/c1-18-14-7-8-19(9-13(14)16-17-18)10-15(20)11-3-5-12(21-2)6-4-11;/h3-9H,10H2,1-2H3;1H/q+1;/p-1. The van der Waals surface area contributed by atoms with Crippen LogP contribution in [0.3, 0.4) is 0 Å². The molecule has 0 N–H and O–H groups in total. The van der Waals surface area contributed by atoms with Crippen molar-refractivity contribution >= 4 is 16.8 Å². The first-order valence-electron chi connectivity index (χ1n) is 6.53. The predicted molar refractivity (Wildman–Crippen MR) is 76.0 cm³/mol. The number of nitrogens with zero attached hydrogens (tertiary/aromatic N) is 4. The minimum atomic E-state index is 0. The van der Waals surface area contributed by atoms with Gasteiger partial charge in [0.1, 0.15) is 11.3 Å². The third-order valence-electron chi connectivity index (χ3n) is 3.35. The molecule has 0 radical (unpaired) electrons. The topological polar surface area (TPSA) is 60.9 Å². The van der Waals surface area contributed by atoms with Crippen molar-refractivity contribution in [2.45, 2.75) is 6.54 Å². The Hall–Kier alpha value is -2.28. The van der Waals surface area contributed by atoms with Crippen LogP contribution in [0, 0.1) is 0 Å². The van der Waals surface area contributed by atoms with E-state index in [0.29, 0.717) is 5.56 Å². The summed E-state index contributed by atoms with van der Waals surface area (Å²) in [5.74, 6) is 0.770. The van der Waals surface area contributed by atoms with Crippen LogP contribution in [0.15, 0.2) is 42.7 Å². The van der Waals surface area contributed by atoms with Gasteiger partial charge in [-0.3, -0.25) is 4.79 Å².